The molecule has 7 heteroatoms. The molecule has 1 unspecified atom stereocenters. The SMILES string of the molecule is O=C(Nc1ccncc1)c1cn(C2CCCCO2)c2ccc(-c3cccnc3F)cc12. The largest absolute Gasteiger partial charge is 0.358 e. The van der Waals surface area contributed by atoms with Gasteiger partial charge in [0.15, 0.2) is 0 Å². The Bertz CT molecular complexity index is 1230. The molecule has 0 aliphatic carbocycles. The number of hydrogen-bond donors (Lipinski definition) is 1. The van der Waals surface area contributed by atoms with E-state index in [2.05, 4.69) is 15.3 Å². The molecule has 1 aliphatic heterocycles. The maximum absolute atomic E-state index is 14.3. The van der Waals surface area contributed by atoms with Gasteiger partial charge in [-0.15, -0.1) is 0 Å². The Labute approximate surface area is 178 Å². The van der Waals surface area contributed by atoms with Crippen molar-refractivity contribution in [3.63, 3.8) is 0 Å². The third-order valence-electron chi connectivity index (χ3n) is 5.55. The van der Waals surface area contributed by atoms with Crippen LogP contribution in [0.5, 0.6) is 0 Å². The summed E-state index contributed by atoms with van der Waals surface area (Å²) in [6.45, 7) is 0.696. The zero-order chi connectivity index (χ0) is 21.2. The van der Waals surface area contributed by atoms with Crippen molar-refractivity contribution < 1.29 is 13.9 Å². The second kappa shape index (κ2) is 8.28. The molecule has 6 nitrogen and oxygen atoms in total. The Morgan fingerprint density at radius 1 is 1.13 bits per heavy atom. The third kappa shape index (κ3) is 3.80. The molecule has 1 saturated heterocycles. The second-order valence-corrected chi connectivity index (χ2v) is 7.53. The van der Waals surface area contributed by atoms with E-state index < -0.39 is 5.95 Å². The lowest BCUT2D eigenvalue weighted by Gasteiger charge is -2.24. The lowest BCUT2D eigenvalue weighted by Crippen LogP contribution is -2.17. The van der Waals surface area contributed by atoms with Gasteiger partial charge in [-0.05, 0) is 61.2 Å². The van der Waals surface area contributed by atoms with Gasteiger partial charge in [0.2, 0.25) is 5.95 Å². The molecule has 5 rings (SSSR count). The number of benzene rings is 1. The summed E-state index contributed by atoms with van der Waals surface area (Å²) >= 11 is 0. The van der Waals surface area contributed by atoms with Crippen LogP contribution < -0.4 is 5.32 Å². The highest BCUT2D eigenvalue weighted by Crippen LogP contribution is 2.33. The molecular formula is C24H21FN4O2. The number of anilines is 1. The lowest BCUT2D eigenvalue weighted by molar-refractivity contribution is -0.0292. The number of carbonyl (C=O) groups is 1. The molecule has 156 valence electrons. The molecule has 31 heavy (non-hydrogen) atoms. The monoisotopic (exact) mass is 416 g/mol. The first-order chi connectivity index (χ1) is 15.2. The van der Waals surface area contributed by atoms with Gasteiger partial charge < -0.3 is 14.6 Å². The van der Waals surface area contributed by atoms with Crippen LogP contribution in [0.4, 0.5) is 10.1 Å². The quantitative estimate of drug-likeness (QED) is 0.465. The van der Waals surface area contributed by atoms with E-state index in [1.54, 1.807) is 36.7 Å². The Kier molecular flexibility index (Phi) is 5.18. The van der Waals surface area contributed by atoms with Crippen LogP contribution >= 0.6 is 0 Å². The van der Waals surface area contributed by atoms with Crippen LogP contribution in [-0.4, -0.2) is 27.0 Å². The predicted octanol–water partition coefficient (Wildman–Crippen LogP) is 5.19. The molecule has 0 radical (unpaired) electrons. The van der Waals surface area contributed by atoms with Crippen LogP contribution in [-0.2, 0) is 4.74 Å². The Hall–Kier alpha value is -3.58. The number of rotatable bonds is 4. The molecular weight excluding hydrogens is 395 g/mol. The van der Waals surface area contributed by atoms with Crippen molar-refractivity contribution in [2.24, 2.45) is 0 Å². The molecule has 1 amide bonds. The van der Waals surface area contributed by atoms with Crippen molar-refractivity contribution in [2.75, 3.05) is 11.9 Å². The summed E-state index contributed by atoms with van der Waals surface area (Å²) in [6.07, 6.45) is 9.36. The fourth-order valence-corrected chi connectivity index (χ4v) is 4.02. The zero-order valence-electron chi connectivity index (χ0n) is 16.8. The molecule has 1 N–H and O–H groups in total. The minimum atomic E-state index is -0.542. The minimum Gasteiger partial charge on any atom is -0.358 e. The fraction of sp³-hybridized carbons (Fsp3) is 0.208. The second-order valence-electron chi connectivity index (χ2n) is 7.53. The highest BCUT2D eigenvalue weighted by molar-refractivity contribution is 6.13. The zero-order valence-corrected chi connectivity index (χ0v) is 16.8. The fourth-order valence-electron chi connectivity index (χ4n) is 4.02. The van der Waals surface area contributed by atoms with Gasteiger partial charge in [-0.2, -0.15) is 4.39 Å². The van der Waals surface area contributed by atoms with Crippen molar-refractivity contribution >= 4 is 22.5 Å². The van der Waals surface area contributed by atoms with Crippen LogP contribution in [0.1, 0.15) is 35.8 Å². The van der Waals surface area contributed by atoms with Crippen LogP contribution in [0.3, 0.4) is 0 Å². The van der Waals surface area contributed by atoms with Crippen molar-refractivity contribution in [1.29, 1.82) is 0 Å². The summed E-state index contributed by atoms with van der Waals surface area (Å²) in [5.41, 5.74) is 3.10. The molecule has 4 heterocycles. The molecule has 0 saturated carbocycles. The summed E-state index contributed by atoms with van der Waals surface area (Å²) < 4.78 is 22.3. The van der Waals surface area contributed by atoms with Crippen LogP contribution in [0, 0.1) is 5.95 Å². The van der Waals surface area contributed by atoms with Gasteiger partial charge in [0.25, 0.3) is 5.91 Å². The first-order valence-electron chi connectivity index (χ1n) is 10.3. The Balaban J connectivity index is 1.62. The van der Waals surface area contributed by atoms with Gasteiger partial charge in [0.1, 0.15) is 6.23 Å². The van der Waals surface area contributed by atoms with Crippen LogP contribution in [0.25, 0.3) is 22.0 Å². The number of nitrogens with one attached hydrogen (secondary N) is 1. The summed E-state index contributed by atoms with van der Waals surface area (Å²) in [6, 6.07) is 12.5. The molecule has 0 spiro atoms. The number of amides is 1. The number of fused-ring (bicyclic) bond motifs is 1. The maximum atomic E-state index is 14.3. The van der Waals surface area contributed by atoms with Gasteiger partial charge >= 0.3 is 0 Å². The molecule has 1 aromatic carbocycles. The third-order valence-corrected chi connectivity index (χ3v) is 5.55. The summed E-state index contributed by atoms with van der Waals surface area (Å²) in [5, 5.41) is 3.66. The van der Waals surface area contributed by atoms with Gasteiger partial charge in [0, 0.05) is 48.0 Å². The van der Waals surface area contributed by atoms with Crippen molar-refractivity contribution in [1.82, 2.24) is 14.5 Å². The number of ether oxygens (including phenoxy) is 1. The van der Waals surface area contributed by atoms with E-state index >= 15 is 0 Å². The Morgan fingerprint density at radius 2 is 2.00 bits per heavy atom. The smallest absolute Gasteiger partial charge is 0.257 e. The standard InChI is InChI=1S/C24H21FN4O2/c25-23-18(4-3-10-27-23)16-6-7-21-19(14-16)20(15-29(21)22-5-1-2-13-31-22)24(30)28-17-8-11-26-12-9-17/h3-4,6-12,14-15,22H,1-2,5,13H2,(H,26,28,30). The highest BCUT2D eigenvalue weighted by Gasteiger charge is 2.23. The number of carbonyl (C=O) groups excluding carboxylic acids is 1. The molecule has 1 aliphatic rings. The van der Waals surface area contributed by atoms with Gasteiger partial charge in [-0.1, -0.05) is 6.07 Å². The van der Waals surface area contributed by atoms with E-state index in [0.29, 0.717) is 29.0 Å². The average molecular weight is 416 g/mol. The van der Waals surface area contributed by atoms with Gasteiger partial charge in [-0.25, -0.2) is 4.98 Å². The van der Waals surface area contributed by atoms with E-state index in [9.17, 15) is 9.18 Å². The molecule has 4 aromatic rings. The van der Waals surface area contributed by atoms with E-state index in [1.807, 2.05) is 29.0 Å². The number of pyridine rings is 2. The van der Waals surface area contributed by atoms with E-state index in [1.165, 1.54) is 6.20 Å². The van der Waals surface area contributed by atoms with E-state index in [0.717, 1.165) is 30.2 Å². The molecule has 1 atom stereocenters. The summed E-state index contributed by atoms with van der Waals surface area (Å²) in [5.74, 6) is -0.783. The normalized spacial score (nSPS) is 16.4. The number of halogens is 1. The van der Waals surface area contributed by atoms with Gasteiger partial charge in [0.05, 0.1) is 11.1 Å². The summed E-state index contributed by atoms with van der Waals surface area (Å²) in [7, 11) is 0. The number of hydrogen-bond acceptors (Lipinski definition) is 4. The van der Waals surface area contributed by atoms with Crippen molar-refractivity contribution in [3.8, 4) is 11.1 Å². The molecule has 3 aromatic heterocycles. The van der Waals surface area contributed by atoms with E-state index in [4.69, 9.17) is 4.74 Å². The van der Waals surface area contributed by atoms with Crippen LogP contribution in [0.15, 0.2) is 67.3 Å². The minimum absolute atomic E-state index is 0.125. The highest BCUT2D eigenvalue weighted by atomic mass is 19.1. The van der Waals surface area contributed by atoms with Crippen LogP contribution in [0.2, 0.25) is 0 Å². The number of aromatic nitrogens is 3. The van der Waals surface area contributed by atoms with E-state index in [-0.39, 0.29) is 12.1 Å². The molecule has 0 bridgehead atoms. The first-order valence-corrected chi connectivity index (χ1v) is 10.3. The summed E-state index contributed by atoms with van der Waals surface area (Å²) in [4.78, 5) is 20.9. The van der Waals surface area contributed by atoms with Crippen molar-refractivity contribution in [2.45, 2.75) is 25.5 Å². The lowest BCUT2D eigenvalue weighted by atomic mass is 10.0. The van der Waals surface area contributed by atoms with Crippen molar-refractivity contribution in [3.05, 3.63) is 78.8 Å². The average Bonchev–Trinajstić information content (AvgIpc) is 3.20. The topological polar surface area (TPSA) is 69.0 Å². The predicted molar refractivity (Wildman–Crippen MR) is 116 cm³/mol. The number of nitrogens with zero attached hydrogens (tertiary/aromatic N) is 3. The maximum Gasteiger partial charge on any atom is 0.257 e. The Morgan fingerprint density at radius 3 is 2.77 bits per heavy atom. The van der Waals surface area contributed by atoms with Gasteiger partial charge in [-0.3, -0.25) is 9.78 Å². The first kappa shape index (κ1) is 19.4. The molecule has 1 fully saturated rings.